The minimum Gasteiger partial charge on any atom is -0.493 e. The van der Waals surface area contributed by atoms with Gasteiger partial charge >= 0.3 is 6.18 Å². The summed E-state index contributed by atoms with van der Waals surface area (Å²) in [4.78, 5) is 15.7. The number of hydrogen-bond donors (Lipinski definition) is 0. The van der Waals surface area contributed by atoms with Crippen LogP contribution in [0.15, 0.2) is 48.5 Å². The molecular formula is C30H41ClF3NO2. The number of rotatable bonds is 7. The molecule has 1 saturated heterocycles. The van der Waals surface area contributed by atoms with Crippen molar-refractivity contribution in [1.82, 2.24) is 4.90 Å². The molecule has 3 nitrogen and oxygen atoms in total. The number of hydrogen-bond acceptors (Lipinski definition) is 3. The molecule has 1 aliphatic carbocycles. The number of carbonyl (C=O) groups is 1. The first-order valence-electron chi connectivity index (χ1n) is 13.6. The lowest BCUT2D eigenvalue weighted by Gasteiger charge is -2.35. The van der Waals surface area contributed by atoms with Gasteiger partial charge in [-0.15, -0.1) is 0 Å². The Morgan fingerprint density at radius 1 is 0.973 bits per heavy atom. The molecule has 2 aliphatic rings. The fourth-order valence-electron chi connectivity index (χ4n) is 5.22. The number of nitrogens with zero attached hydrogens (tertiary/aromatic N) is 1. The SMILES string of the molecule is CC.CC.O=C(CN1CCCC(COc2ccc(C(F)(F)F)cc2)C1)C1(c2ccc(Cl)cc2)CCCC1. The number of alkyl halides is 3. The fraction of sp³-hybridized carbons (Fsp3) is 0.567. The summed E-state index contributed by atoms with van der Waals surface area (Å²) < 4.78 is 44.0. The topological polar surface area (TPSA) is 29.5 Å². The van der Waals surface area contributed by atoms with E-state index in [1.807, 2.05) is 52.0 Å². The minimum atomic E-state index is -4.35. The molecule has 4 rings (SSSR count). The van der Waals surface area contributed by atoms with Gasteiger partial charge in [0.2, 0.25) is 0 Å². The second-order valence-corrected chi connectivity index (χ2v) is 9.73. The van der Waals surface area contributed by atoms with Crippen LogP contribution in [0.5, 0.6) is 5.75 Å². The highest BCUT2D eigenvalue weighted by molar-refractivity contribution is 6.30. The standard InChI is InChI=1S/C26H29ClF3NO2.2C2H6/c27-22-9-5-20(6-10-22)25(13-1-2-14-25)24(32)17-31-15-3-4-19(16-31)18-33-23-11-7-21(8-12-23)26(28,29)30;2*1-2/h5-12,19H,1-4,13-18H2;2*1-2H3. The maximum Gasteiger partial charge on any atom is 0.416 e. The van der Waals surface area contributed by atoms with E-state index in [0.717, 1.165) is 69.3 Å². The molecule has 0 aromatic heterocycles. The number of carbonyl (C=O) groups excluding carboxylic acids is 1. The maximum absolute atomic E-state index is 13.5. The third-order valence-electron chi connectivity index (χ3n) is 7.03. The summed E-state index contributed by atoms with van der Waals surface area (Å²) in [6.07, 6.45) is 1.47. The Bertz CT molecular complexity index is 939. The summed E-state index contributed by atoms with van der Waals surface area (Å²) in [5, 5.41) is 0.672. The third kappa shape index (κ3) is 8.47. The molecule has 7 heteroatoms. The lowest BCUT2D eigenvalue weighted by molar-refractivity contribution is -0.137. The number of piperidine rings is 1. The van der Waals surface area contributed by atoms with Gasteiger partial charge in [-0.1, -0.05) is 64.3 Å². The van der Waals surface area contributed by atoms with Crippen LogP contribution in [0.2, 0.25) is 5.02 Å². The predicted octanol–water partition coefficient (Wildman–Crippen LogP) is 8.58. The Hall–Kier alpha value is -2.05. The van der Waals surface area contributed by atoms with Crippen molar-refractivity contribution < 1.29 is 22.7 Å². The van der Waals surface area contributed by atoms with E-state index in [2.05, 4.69) is 4.90 Å². The molecule has 1 unspecified atom stereocenters. The Morgan fingerprint density at radius 3 is 2.14 bits per heavy atom. The van der Waals surface area contributed by atoms with Gasteiger partial charge in [0.25, 0.3) is 0 Å². The quantitative estimate of drug-likeness (QED) is 0.353. The van der Waals surface area contributed by atoms with Crippen LogP contribution in [0.3, 0.4) is 0 Å². The summed E-state index contributed by atoms with van der Waals surface area (Å²) in [6.45, 7) is 10.5. The van der Waals surface area contributed by atoms with E-state index in [-0.39, 0.29) is 11.7 Å². The molecule has 2 fully saturated rings. The van der Waals surface area contributed by atoms with Crippen molar-refractivity contribution in [3.63, 3.8) is 0 Å². The highest BCUT2D eigenvalue weighted by Crippen LogP contribution is 2.42. The van der Waals surface area contributed by atoms with Crippen molar-refractivity contribution in [2.75, 3.05) is 26.2 Å². The fourth-order valence-corrected chi connectivity index (χ4v) is 5.34. The Balaban J connectivity index is 0.00000115. The number of likely N-dealkylation sites (tertiary alicyclic amines) is 1. The van der Waals surface area contributed by atoms with E-state index < -0.39 is 17.2 Å². The summed E-state index contributed by atoms with van der Waals surface area (Å²) in [7, 11) is 0. The van der Waals surface area contributed by atoms with Gasteiger partial charge in [-0.05, 0) is 74.2 Å². The molecule has 0 radical (unpaired) electrons. The van der Waals surface area contributed by atoms with Crippen LogP contribution in [0.25, 0.3) is 0 Å². The number of halogens is 4. The summed E-state index contributed by atoms with van der Waals surface area (Å²) in [5.74, 6) is 0.944. The largest absolute Gasteiger partial charge is 0.493 e. The summed E-state index contributed by atoms with van der Waals surface area (Å²) >= 11 is 6.06. The molecule has 37 heavy (non-hydrogen) atoms. The minimum absolute atomic E-state index is 0.240. The van der Waals surface area contributed by atoms with E-state index in [1.54, 1.807) is 0 Å². The van der Waals surface area contributed by atoms with Crippen LogP contribution in [-0.2, 0) is 16.4 Å². The van der Waals surface area contributed by atoms with E-state index in [0.29, 0.717) is 23.9 Å². The smallest absolute Gasteiger partial charge is 0.416 e. The molecule has 0 bridgehead atoms. The predicted molar refractivity (Wildman–Crippen MR) is 145 cm³/mol. The van der Waals surface area contributed by atoms with E-state index in [9.17, 15) is 18.0 Å². The van der Waals surface area contributed by atoms with Gasteiger partial charge in [-0.25, -0.2) is 0 Å². The van der Waals surface area contributed by atoms with Crippen LogP contribution < -0.4 is 4.74 Å². The zero-order valence-electron chi connectivity index (χ0n) is 22.5. The number of benzene rings is 2. The third-order valence-corrected chi connectivity index (χ3v) is 7.28. The molecule has 1 aliphatic heterocycles. The van der Waals surface area contributed by atoms with Crippen molar-refractivity contribution in [2.45, 2.75) is 77.8 Å². The highest BCUT2D eigenvalue weighted by Gasteiger charge is 2.43. The van der Waals surface area contributed by atoms with Crippen molar-refractivity contribution in [1.29, 1.82) is 0 Å². The zero-order valence-corrected chi connectivity index (χ0v) is 23.3. The number of Topliss-reactive ketones (excluding diaryl/α,β-unsaturated/α-hetero) is 1. The van der Waals surface area contributed by atoms with Gasteiger partial charge in [-0.3, -0.25) is 9.69 Å². The Morgan fingerprint density at radius 2 is 1.57 bits per heavy atom. The monoisotopic (exact) mass is 539 g/mol. The van der Waals surface area contributed by atoms with Crippen LogP contribution in [0.4, 0.5) is 13.2 Å². The van der Waals surface area contributed by atoms with Crippen molar-refractivity contribution in [3.05, 3.63) is 64.7 Å². The summed E-state index contributed by atoms with van der Waals surface area (Å²) in [6, 6.07) is 12.5. The first kappa shape index (κ1) is 31.2. The van der Waals surface area contributed by atoms with Gasteiger partial charge < -0.3 is 4.74 Å². The summed E-state index contributed by atoms with van der Waals surface area (Å²) in [5.41, 5.74) is -0.0406. The molecule has 2 aromatic carbocycles. The lowest BCUT2D eigenvalue weighted by atomic mass is 9.75. The van der Waals surface area contributed by atoms with Crippen LogP contribution >= 0.6 is 11.6 Å². The molecular weight excluding hydrogens is 499 g/mol. The molecule has 2 aromatic rings. The van der Waals surface area contributed by atoms with Crippen molar-refractivity contribution >= 4 is 17.4 Å². The van der Waals surface area contributed by atoms with Gasteiger partial charge in [0.1, 0.15) is 5.75 Å². The zero-order chi connectivity index (χ0) is 27.5. The molecule has 0 spiro atoms. The van der Waals surface area contributed by atoms with Crippen molar-refractivity contribution in [2.24, 2.45) is 5.92 Å². The molecule has 206 valence electrons. The molecule has 1 heterocycles. The van der Waals surface area contributed by atoms with E-state index >= 15 is 0 Å². The first-order valence-corrected chi connectivity index (χ1v) is 14.0. The van der Waals surface area contributed by atoms with Crippen LogP contribution in [0, 0.1) is 5.92 Å². The Kier molecular flexibility index (Phi) is 12.4. The van der Waals surface area contributed by atoms with E-state index in [4.69, 9.17) is 16.3 Å². The Labute approximate surface area is 225 Å². The number of ether oxygens (including phenoxy) is 1. The van der Waals surface area contributed by atoms with Gasteiger partial charge in [0.05, 0.1) is 24.1 Å². The van der Waals surface area contributed by atoms with E-state index in [1.165, 1.54) is 12.1 Å². The van der Waals surface area contributed by atoms with Crippen molar-refractivity contribution in [3.8, 4) is 5.75 Å². The van der Waals surface area contributed by atoms with Gasteiger partial charge in [-0.2, -0.15) is 13.2 Å². The second-order valence-electron chi connectivity index (χ2n) is 9.30. The number of ketones is 1. The lowest BCUT2D eigenvalue weighted by Crippen LogP contribution is -2.45. The average molecular weight is 540 g/mol. The maximum atomic E-state index is 13.5. The normalized spacial score (nSPS) is 19.2. The first-order chi connectivity index (χ1) is 17.8. The molecule has 0 amide bonds. The van der Waals surface area contributed by atoms with Crippen LogP contribution in [-0.4, -0.2) is 36.9 Å². The molecule has 1 saturated carbocycles. The second kappa shape index (κ2) is 14.8. The average Bonchev–Trinajstić information content (AvgIpc) is 3.42. The molecule has 0 N–H and O–H groups in total. The van der Waals surface area contributed by atoms with Crippen LogP contribution in [0.1, 0.15) is 77.3 Å². The van der Waals surface area contributed by atoms with Gasteiger partial charge in [0.15, 0.2) is 5.78 Å². The van der Waals surface area contributed by atoms with Gasteiger partial charge in [0, 0.05) is 17.5 Å². The molecule has 1 atom stereocenters. The highest BCUT2D eigenvalue weighted by atomic mass is 35.5.